The molecule has 0 bridgehead atoms. The van der Waals surface area contributed by atoms with E-state index in [-0.39, 0.29) is 17.8 Å². The second-order valence-corrected chi connectivity index (χ2v) is 9.74. The summed E-state index contributed by atoms with van der Waals surface area (Å²) in [6.07, 6.45) is 3.92. The van der Waals surface area contributed by atoms with E-state index >= 15 is 0 Å². The number of nitrogens with one attached hydrogen (secondary N) is 1. The molecule has 8 heteroatoms. The van der Waals surface area contributed by atoms with Crippen molar-refractivity contribution in [2.75, 3.05) is 24.6 Å². The number of carbonyl (C=O) groups excluding carboxylic acids is 1. The third-order valence-corrected chi connectivity index (χ3v) is 7.01. The first-order chi connectivity index (χ1) is 14.9. The predicted octanol–water partition coefficient (Wildman–Crippen LogP) is 3.67. The van der Waals surface area contributed by atoms with Crippen LogP contribution in [0.15, 0.2) is 30.5 Å². The van der Waals surface area contributed by atoms with Gasteiger partial charge in [0.1, 0.15) is 5.69 Å². The van der Waals surface area contributed by atoms with Crippen LogP contribution in [0, 0.1) is 13.8 Å². The quantitative estimate of drug-likeness (QED) is 0.670. The zero-order valence-electron chi connectivity index (χ0n) is 18.2. The summed E-state index contributed by atoms with van der Waals surface area (Å²) in [6.45, 7) is 8.97. The van der Waals surface area contributed by atoms with Crippen molar-refractivity contribution < 1.29 is 14.3 Å². The Morgan fingerprint density at radius 3 is 2.68 bits per heavy atom. The van der Waals surface area contributed by atoms with Gasteiger partial charge in [-0.1, -0.05) is 12.1 Å². The number of anilines is 1. The van der Waals surface area contributed by atoms with Crippen molar-refractivity contribution in [1.29, 1.82) is 0 Å². The Labute approximate surface area is 186 Å². The Hall–Kier alpha value is -2.42. The van der Waals surface area contributed by atoms with Gasteiger partial charge in [-0.05, 0) is 38.5 Å². The molecule has 1 amide bonds. The zero-order chi connectivity index (χ0) is 21.6. The number of hydrogen-bond acceptors (Lipinski definition) is 6. The van der Waals surface area contributed by atoms with Gasteiger partial charge in [0, 0.05) is 49.2 Å². The standard InChI is InChI=1S/C23H28N4O3S/c1-15-14-29-23(30-15)8-10-26(11-9-23)19-6-4-18(5-7-19)12-24-21(28)20-17(3)25-22-27(20)13-16(2)31-22/h4-7,13,15H,8-12,14H2,1-3H3,(H,24,28)/t15-/m1/s1. The molecule has 3 aromatic rings. The van der Waals surface area contributed by atoms with Crippen LogP contribution >= 0.6 is 11.3 Å². The minimum atomic E-state index is -0.377. The lowest BCUT2D eigenvalue weighted by atomic mass is 10.0. The van der Waals surface area contributed by atoms with Crippen molar-refractivity contribution in [2.45, 2.75) is 52.0 Å². The Balaban J connectivity index is 1.19. The van der Waals surface area contributed by atoms with Gasteiger partial charge >= 0.3 is 0 Å². The van der Waals surface area contributed by atoms with Crippen LogP contribution in [0.1, 0.15) is 46.4 Å². The SMILES string of the molecule is Cc1cn2c(C(=O)NCc3ccc(N4CCC5(CC4)OC[C@@H](C)O5)cc3)c(C)nc2s1. The Kier molecular flexibility index (Phi) is 5.24. The minimum absolute atomic E-state index is 0.0982. The molecule has 0 unspecified atom stereocenters. The first kappa shape index (κ1) is 20.5. The Morgan fingerprint density at radius 2 is 2.00 bits per heavy atom. The molecule has 2 fully saturated rings. The van der Waals surface area contributed by atoms with Gasteiger partial charge in [0.2, 0.25) is 0 Å². The highest BCUT2D eigenvalue weighted by atomic mass is 32.1. The summed E-state index contributed by atoms with van der Waals surface area (Å²) in [5.74, 6) is -0.475. The molecule has 31 heavy (non-hydrogen) atoms. The molecule has 0 saturated carbocycles. The third kappa shape index (κ3) is 3.95. The summed E-state index contributed by atoms with van der Waals surface area (Å²) in [4.78, 5) is 21.6. The van der Waals surface area contributed by atoms with Crippen molar-refractivity contribution in [3.05, 3.63) is 52.3 Å². The molecule has 1 N–H and O–H groups in total. The largest absolute Gasteiger partial charge is 0.371 e. The first-order valence-electron chi connectivity index (χ1n) is 10.8. The molecule has 0 aliphatic carbocycles. The van der Waals surface area contributed by atoms with Crippen LogP contribution in [0.5, 0.6) is 0 Å². The van der Waals surface area contributed by atoms with E-state index < -0.39 is 0 Å². The molecule has 1 atom stereocenters. The number of aryl methyl sites for hydroxylation is 2. The number of ether oxygens (including phenoxy) is 2. The van der Waals surface area contributed by atoms with Crippen LogP contribution in [-0.2, 0) is 16.0 Å². The van der Waals surface area contributed by atoms with Crippen molar-refractivity contribution in [2.24, 2.45) is 0 Å². The lowest BCUT2D eigenvalue weighted by Gasteiger charge is -2.39. The number of hydrogen-bond donors (Lipinski definition) is 1. The highest BCUT2D eigenvalue weighted by Crippen LogP contribution is 2.35. The molecule has 5 rings (SSSR count). The maximum Gasteiger partial charge on any atom is 0.270 e. The summed E-state index contributed by atoms with van der Waals surface area (Å²) in [6, 6.07) is 8.42. The van der Waals surface area contributed by atoms with Gasteiger partial charge in [-0.2, -0.15) is 0 Å². The molecular weight excluding hydrogens is 412 g/mol. The maximum absolute atomic E-state index is 12.8. The summed E-state index contributed by atoms with van der Waals surface area (Å²) in [5, 5.41) is 3.04. The van der Waals surface area contributed by atoms with Crippen molar-refractivity contribution in [1.82, 2.24) is 14.7 Å². The fraction of sp³-hybridized carbons (Fsp3) is 0.478. The average molecular weight is 441 g/mol. The van der Waals surface area contributed by atoms with E-state index in [4.69, 9.17) is 9.47 Å². The number of amides is 1. The van der Waals surface area contributed by atoms with Gasteiger partial charge in [0.15, 0.2) is 10.7 Å². The summed E-state index contributed by atoms with van der Waals surface area (Å²) in [7, 11) is 0. The number of imidazole rings is 1. The van der Waals surface area contributed by atoms with Crippen molar-refractivity contribution in [3.8, 4) is 0 Å². The van der Waals surface area contributed by atoms with Gasteiger partial charge < -0.3 is 19.7 Å². The van der Waals surface area contributed by atoms with E-state index in [1.807, 2.05) is 24.4 Å². The van der Waals surface area contributed by atoms with E-state index in [2.05, 4.69) is 46.4 Å². The number of benzene rings is 1. The smallest absolute Gasteiger partial charge is 0.270 e. The second-order valence-electron chi connectivity index (χ2n) is 8.53. The van der Waals surface area contributed by atoms with E-state index in [0.717, 1.165) is 47.0 Å². The number of carbonyl (C=O) groups is 1. The number of aromatic nitrogens is 2. The van der Waals surface area contributed by atoms with Crippen molar-refractivity contribution in [3.63, 3.8) is 0 Å². The van der Waals surface area contributed by atoms with E-state index in [9.17, 15) is 4.79 Å². The van der Waals surface area contributed by atoms with Gasteiger partial charge in [0.25, 0.3) is 5.91 Å². The van der Waals surface area contributed by atoms with Gasteiger partial charge in [-0.15, -0.1) is 11.3 Å². The highest BCUT2D eigenvalue weighted by Gasteiger charge is 2.42. The molecule has 164 valence electrons. The van der Waals surface area contributed by atoms with Crippen LogP contribution in [0.4, 0.5) is 5.69 Å². The summed E-state index contributed by atoms with van der Waals surface area (Å²) < 4.78 is 13.8. The van der Waals surface area contributed by atoms with Crippen LogP contribution in [0.2, 0.25) is 0 Å². The first-order valence-corrected chi connectivity index (χ1v) is 11.6. The van der Waals surface area contributed by atoms with Crippen LogP contribution in [0.3, 0.4) is 0 Å². The second kappa shape index (κ2) is 7.93. The molecule has 7 nitrogen and oxygen atoms in total. The average Bonchev–Trinajstić information content (AvgIpc) is 3.38. The molecule has 2 aliphatic heterocycles. The molecule has 2 aromatic heterocycles. The maximum atomic E-state index is 12.8. The molecule has 0 radical (unpaired) electrons. The fourth-order valence-electron chi connectivity index (χ4n) is 4.50. The minimum Gasteiger partial charge on any atom is -0.371 e. The monoisotopic (exact) mass is 440 g/mol. The lowest BCUT2D eigenvalue weighted by Crippen LogP contribution is -2.45. The summed E-state index contributed by atoms with van der Waals surface area (Å²) >= 11 is 1.59. The van der Waals surface area contributed by atoms with Gasteiger partial charge in [0.05, 0.1) is 18.4 Å². The molecule has 2 saturated heterocycles. The number of nitrogens with zero attached hydrogens (tertiary/aromatic N) is 3. The molecule has 4 heterocycles. The number of rotatable bonds is 4. The number of thiazole rings is 1. The van der Waals surface area contributed by atoms with Gasteiger partial charge in [-0.25, -0.2) is 4.98 Å². The Morgan fingerprint density at radius 1 is 1.26 bits per heavy atom. The van der Waals surface area contributed by atoms with Crippen LogP contribution < -0.4 is 10.2 Å². The molecule has 1 aromatic carbocycles. The van der Waals surface area contributed by atoms with Crippen LogP contribution in [0.25, 0.3) is 4.96 Å². The topological polar surface area (TPSA) is 68.1 Å². The van der Waals surface area contributed by atoms with E-state index in [0.29, 0.717) is 18.8 Å². The lowest BCUT2D eigenvalue weighted by molar-refractivity contribution is -0.178. The van der Waals surface area contributed by atoms with E-state index in [1.54, 1.807) is 11.3 Å². The van der Waals surface area contributed by atoms with E-state index in [1.165, 1.54) is 5.69 Å². The summed E-state index contributed by atoms with van der Waals surface area (Å²) in [5.41, 5.74) is 3.63. The zero-order valence-corrected chi connectivity index (χ0v) is 19.0. The third-order valence-electron chi connectivity index (χ3n) is 6.11. The fourth-order valence-corrected chi connectivity index (χ4v) is 5.37. The normalized spacial score (nSPS) is 20.6. The van der Waals surface area contributed by atoms with Gasteiger partial charge in [-0.3, -0.25) is 9.20 Å². The molecule has 1 spiro atoms. The highest BCUT2D eigenvalue weighted by molar-refractivity contribution is 7.17. The predicted molar refractivity (Wildman–Crippen MR) is 121 cm³/mol. The number of fused-ring (bicyclic) bond motifs is 1. The van der Waals surface area contributed by atoms with Crippen molar-refractivity contribution >= 4 is 27.9 Å². The Bertz CT molecular complexity index is 1100. The molecule has 2 aliphatic rings. The van der Waals surface area contributed by atoms with Crippen LogP contribution in [-0.4, -0.2) is 46.9 Å². The number of piperidine rings is 1. The molecular formula is C23H28N4O3S.